The largest absolute Gasteiger partial charge is 0.744 e. The Balaban J connectivity index is 3.52. The van der Waals surface area contributed by atoms with Gasteiger partial charge in [-0.1, -0.05) is 71.6 Å². The fraction of sp³-hybridized carbons (Fsp3) is 1.00. The number of hydrogen-bond donors (Lipinski definition) is 1. The van der Waals surface area contributed by atoms with Crippen molar-refractivity contribution in [2.24, 2.45) is 0 Å². The summed E-state index contributed by atoms with van der Waals surface area (Å²) in [7, 11) is -4.84. The van der Waals surface area contributed by atoms with Gasteiger partial charge in [-0.15, -0.1) is 0 Å². The smallest absolute Gasteiger partial charge is 0.259 e. The van der Waals surface area contributed by atoms with E-state index in [1.165, 1.54) is 51.9 Å². The average Bonchev–Trinajstić information content (AvgIpc) is 2.43. The van der Waals surface area contributed by atoms with Crippen molar-refractivity contribution in [1.82, 2.24) is 0 Å². The van der Waals surface area contributed by atoms with Crippen molar-refractivity contribution in [3.8, 4) is 0 Å². The molecule has 0 heterocycles. The van der Waals surface area contributed by atoms with Crippen LogP contribution >= 0.6 is 0 Å². The first-order valence-corrected chi connectivity index (χ1v) is 9.60. The highest BCUT2D eigenvalue weighted by Crippen LogP contribution is 2.19. The van der Waals surface area contributed by atoms with Crippen LogP contribution in [-0.4, -0.2) is 29.8 Å². The minimum Gasteiger partial charge on any atom is -0.744 e. The van der Waals surface area contributed by atoms with Gasteiger partial charge in [0.05, 0.1) is 6.61 Å². The zero-order valence-corrected chi connectivity index (χ0v) is 14.3. The predicted octanol–water partition coefficient (Wildman–Crippen LogP) is 3.53. The van der Waals surface area contributed by atoms with Crippen LogP contribution in [0, 0.1) is 0 Å². The first-order valence-electron chi connectivity index (χ1n) is 8.19. The van der Waals surface area contributed by atoms with Gasteiger partial charge in [-0.05, 0) is 6.42 Å². The highest BCUT2D eigenvalue weighted by Gasteiger charge is 2.33. The molecular weight excluding hydrogens is 292 g/mol. The summed E-state index contributed by atoms with van der Waals surface area (Å²) in [6.45, 7) is 3.72. The van der Waals surface area contributed by atoms with E-state index in [1.54, 1.807) is 0 Å². The Kier molecular flexibility index (Phi) is 11.3. The molecular formula is C15H31O5S-. The van der Waals surface area contributed by atoms with Crippen LogP contribution in [0.15, 0.2) is 0 Å². The molecule has 0 saturated heterocycles. The summed E-state index contributed by atoms with van der Waals surface area (Å²) in [6, 6.07) is 0. The fourth-order valence-electron chi connectivity index (χ4n) is 2.17. The lowest BCUT2D eigenvalue weighted by molar-refractivity contribution is -0.145. The average molecular weight is 323 g/mol. The molecule has 0 aliphatic carbocycles. The zero-order valence-electron chi connectivity index (χ0n) is 13.5. The van der Waals surface area contributed by atoms with Gasteiger partial charge in [0.1, 0.15) is 0 Å². The third-order valence-corrected chi connectivity index (χ3v) is 4.85. The van der Waals surface area contributed by atoms with Crippen molar-refractivity contribution in [2.75, 3.05) is 6.61 Å². The Labute approximate surface area is 129 Å². The second-order valence-electron chi connectivity index (χ2n) is 5.55. The second kappa shape index (κ2) is 11.4. The van der Waals surface area contributed by atoms with Gasteiger partial charge in [-0.3, -0.25) is 0 Å². The molecule has 6 heteroatoms. The molecule has 0 amide bonds. The minimum atomic E-state index is -4.84. The van der Waals surface area contributed by atoms with Gasteiger partial charge < -0.3 is 14.4 Å². The van der Waals surface area contributed by atoms with Gasteiger partial charge in [-0.25, -0.2) is 8.42 Å². The lowest BCUT2D eigenvalue weighted by Gasteiger charge is -2.29. The van der Waals surface area contributed by atoms with Crippen molar-refractivity contribution < 1.29 is 22.8 Å². The van der Waals surface area contributed by atoms with Crippen molar-refractivity contribution in [3.63, 3.8) is 0 Å². The summed E-state index contributed by atoms with van der Waals surface area (Å²) in [6.07, 6.45) is 11.3. The first kappa shape index (κ1) is 20.8. The van der Waals surface area contributed by atoms with Crippen molar-refractivity contribution in [3.05, 3.63) is 0 Å². The van der Waals surface area contributed by atoms with Crippen LogP contribution in [0.1, 0.15) is 84.5 Å². The SMILES string of the molecule is CCCCCCCCCCCCOC(O)(CC)S(=O)(=O)[O-]. The molecule has 0 aliphatic rings. The van der Waals surface area contributed by atoms with Crippen LogP contribution in [-0.2, 0) is 14.9 Å². The van der Waals surface area contributed by atoms with E-state index in [0.717, 1.165) is 12.8 Å². The van der Waals surface area contributed by atoms with Gasteiger partial charge in [0.2, 0.25) is 0 Å². The lowest BCUT2D eigenvalue weighted by atomic mass is 10.1. The Bertz CT molecular complexity index is 342. The quantitative estimate of drug-likeness (QED) is 0.300. The van der Waals surface area contributed by atoms with Crippen LogP contribution in [0.2, 0.25) is 0 Å². The zero-order chi connectivity index (χ0) is 16.2. The summed E-state index contributed by atoms with van der Waals surface area (Å²) in [5.74, 6) is 0. The summed E-state index contributed by atoms with van der Waals surface area (Å²) >= 11 is 0. The Hall–Kier alpha value is -0.170. The van der Waals surface area contributed by atoms with E-state index >= 15 is 0 Å². The number of aliphatic hydroxyl groups is 1. The molecule has 0 saturated carbocycles. The van der Waals surface area contributed by atoms with Crippen LogP contribution in [0.4, 0.5) is 0 Å². The summed E-state index contributed by atoms with van der Waals surface area (Å²) in [4.78, 5) is 0. The van der Waals surface area contributed by atoms with E-state index in [0.29, 0.717) is 6.42 Å². The van der Waals surface area contributed by atoms with E-state index in [9.17, 15) is 18.1 Å². The molecule has 0 fully saturated rings. The number of rotatable bonds is 14. The maximum Gasteiger partial charge on any atom is 0.259 e. The van der Waals surface area contributed by atoms with Gasteiger partial charge in [0.15, 0.2) is 10.1 Å². The minimum absolute atomic E-state index is 0.0995. The summed E-state index contributed by atoms with van der Waals surface area (Å²) in [5.41, 5.74) is 0. The summed E-state index contributed by atoms with van der Waals surface area (Å²) in [5, 5.41) is 7.01. The topological polar surface area (TPSA) is 86.7 Å². The maximum absolute atomic E-state index is 10.9. The molecule has 0 aromatic carbocycles. The Morgan fingerprint density at radius 3 is 1.71 bits per heavy atom. The monoisotopic (exact) mass is 323 g/mol. The third kappa shape index (κ3) is 9.45. The van der Waals surface area contributed by atoms with Crippen LogP contribution in [0.3, 0.4) is 0 Å². The number of ether oxygens (including phenoxy) is 1. The third-order valence-electron chi connectivity index (χ3n) is 3.66. The highest BCUT2D eigenvalue weighted by atomic mass is 32.2. The number of hydrogen-bond acceptors (Lipinski definition) is 5. The summed E-state index contributed by atoms with van der Waals surface area (Å²) < 4.78 is 37.5. The van der Waals surface area contributed by atoms with Gasteiger partial charge in [-0.2, -0.15) is 0 Å². The lowest BCUT2D eigenvalue weighted by Crippen LogP contribution is -2.40. The molecule has 0 aromatic heterocycles. The van der Waals surface area contributed by atoms with Gasteiger partial charge >= 0.3 is 0 Å². The Morgan fingerprint density at radius 1 is 0.905 bits per heavy atom. The van der Waals surface area contributed by atoms with Crippen LogP contribution < -0.4 is 0 Å². The molecule has 0 aliphatic heterocycles. The van der Waals surface area contributed by atoms with Crippen LogP contribution in [0.5, 0.6) is 0 Å². The predicted molar refractivity (Wildman–Crippen MR) is 82.7 cm³/mol. The highest BCUT2D eigenvalue weighted by molar-refractivity contribution is 7.86. The molecule has 0 rings (SSSR count). The molecule has 0 radical (unpaired) electrons. The van der Waals surface area contributed by atoms with Gasteiger partial charge in [0.25, 0.3) is 5.12 Å². The van der Waals surface area contributed by atoms with E-state index in [2.05, 4.69) is 6.92 Å². The van der Waals surface area contributed by atoms with Crippen molar-refractivity contribution in [2.45, 2.75) is 89.6 Å². The molecule has 1 unspecified atom stereocenters. The molecule has 21 heavy (non-hydrogen) atoms. The molecule has 0 spiro atoms. The number of unbranched alkanes of at least 4 members (excludes halogenated alkanes) is 9. The first-order chi connectivity index (χ1) is 9.87. The van der Waals surface area contributed by atoms with Crippen molar-refractivity contribution in [1.29, 1.82) is 0 Å². The van der Waals surface area contributed by atoms with E-state index in [4.69, 9.17) is 4.74 Å². The van der Waals surface area contributed by atoms with Crippen LogP contribution in [0.25, 0.3) is 0 Å². The van der Waals surface area contributed by atoms with Gasteiger partial charge in [0, 0.05) is 6.42 Å². The molecule has 0 bridgehead atoms. The second-order valence-corrected chi connectivity index (χ2v) is 7.10. The van der Waals surface area contributed by atoms with Crippen molar-refractivity contribution >= 4 is 10.1 Å². The Morgan fingerprint density at radius 2 is 1.33 bits per heavy atom. The maximum atomic E-state index is 10.9. The molecule has 5 nitrogen and oxygen atoms in total. The fourth-order valence-corrected chi connectivity index (χ4v) is 2.75. The molecule has 128 valence electrons. The van der Waals surface area contributed by atoms with E-state index < -0.39 is 15.2 Å². The van der Waals surface area contributed by atoms with E-state index in [1.807, 2.05) is 0 Å². The van der Waals surface area contributed by atoms with E-state index in [-0.39, 0.29) is 13.0 Å². The standard InChI is InChI=1S/C15H32O5S/c1-3-5-6-7-8-9-10-11-12-13-14-20-15(16,4-2)21(17,18)19/h16H,3-14H2,1-2H3,(H,17,18,19)/p-1. The molecule has 0 aromatic rings. The normalized spacial score (nSPS) is 15.0. The molecule has 1 atom stereocenters. The molecule has 1 N–H and O–H groups in total.